The number of halogens is 1. The van der Waals surface area contributed by atoms with E-state index in [0.717, 1.165) is 10.0 Å². The van der Waals surface area contributed by atoms with Gasteiger partial charge < -0.3 is 4.74 Å². The molecule has 33 heavy (non-hydrogen) atoms. The fourth-order valence-electron chi connectivity index (χ4n) is 3.45. The zero-order chi connectivity index (χ0) is 23.8. The van der Waals surface area contributed by atoms with Gasteiger partial charge in [-0.15, -0.1) is 0 Å². The molecule has 0 aliphatic heterocycles. The van der Waals surface area contributed by atoms with Gasteiger partial charge in [0, 0.05) is 28.3 Å². The van der Waals surface area contributed by atoms with E-state index in [1.165, 1.54) is 40.3 Å². The van der Waals surface area contributed by atoms with Gasteiger partial charge in [-0.1, -0.05) is 15.9 Å². The molecule has 4 rings (SSSR count). The van der Waals surface area contributed by atoms with Gasteiger partial charge in [-0.3, -0.25) is 9.36 Å². The summed E-state index contributed by atoms with van der Waals surface area (Å²) in [7, 11) is -2.48. The fraction of sp³-hybridized carbons (Fsp3) is 0.136. The largest absolute Gasteiger partial charge is 0.495 e. The summed E-state index contributed by atoms with van der Waals surface area (Å²) >= 11 is 3.48. The van der Waals surface area contributed by atoms with Crippen LogP contribution in [-0.2, 0) is 10.0 Å². The number of sulfonamides is 1. The average Bonchev–Trinajstić information content (AvgIpc) is 2.81. The molecule has 0 saturated heterocycles. The van der Waals surface area contributed by atoms with E-state index in [1.54, 1.807) is 37.0 Å². The van der Waals surface area contributed by atoms with Gasteiger partial charge in [0.2, 0.25) is 5.95 Å². The molecule has 2 heterocycles. The predicted octanol–water partition coefficient (Wildman–Crippen LogP) is 4.28. The van der Waals surface area contributed by atoms with Crippen molar-refractivity contribution in [1.82, 2.24) is 14.5 Å². The van der Waals surface area contributed by atoms with Crippen LogP contribution in [-0.4, -0.2) is 36.7 Å². The zero-order valence-electron chi connectivity index (χ0n) is 18.0. The standard InChI is InChI=1S/C22H20BrN4O4PS/c1-14-11-19(20(31-2)13-17(14)23)26-18-7-6-16(12-15(18)5-8-21(26)28)33(29,30)27(32-3)22-24-9-4-10-25-22/h4-13,32H,1-3H3. The van der Waals surface area contributed by atoms with Crippen LogP contribution < -0.4 is 14.4 Å². The number of hydrogen-bond acceptors (Lipinski definition) is 6. The summed E-state index contributed by atoms with van der Waals surface area (Å²) in [6.07, 6.45) is 3.00. The second-order valence-corrected chi connectivity index (χ2v) is 10.9. The number of methoxy groups -OCH3 is 1. The highest BCUT2D eigenvalue weighted by molar-refractivity contribution is 9.10. The first-order valence-electron chi connectivity index (χ1n) is 9.78. The predicted molar refractivity (Wildman–Crippen MR) is 134 cm³/mol. The summed E-state index contributed by atoms with van der Waals surface area (Å²) in [5.41, 5.74) is 1.80. The average molecular weight is 547 g/mol. The monoisotopic (exact) mass is 546 g/mol. The van der Waals surface area contributed by atoms with Gasteiger partial charge in [0.05, 0.1) is 23.2 Å². The van der Waals surface area contributed by atoms with Crippen LogP contribution in [0, 0.1) is 6.92 Å². The first-order chi connectivity index (χ1) is 15.8. The van der Waals surface area contributed by atoms with E-state index >= 15 is 0 Å². The van der Waals surface area contributed by atoms with Crippen molar-refractivity contribution in [3.8, 4) is 11.4 Å². The minimum Gasteiger partial charge on any atom is -0.495 e. The molecule has 1 unspecified atom stereocenters. The number of benzene rings is 2. The van der Waals surface area contributed by atoms with Crippen LogP contribution >= 0.6 is 24.7 Å². The molecule has 1 atom stereocenters. The lowest BCUT2D eigenvalue weighted by atomic mass is 10.1. The summed E-state index contributed by atoms with van der Waals surface area (Å²) in [5.74, 6) is 0.622. The van der Waals surface area contributed by atoms with E-state index in [2.05, 4.69) is 25.9 Å². The Hall–Kier alpha value is -2.81. The molecular weight excluding hydrogens is 527 g/mol. The number of anilines is 1. The van der Waals surface area contributed by atoms with Gasteiger partial charge in [-0.25, -0.2) is 22.5 Å². The summed E-state index contributed by atoms with van der Waals surface area (Å²) in [6, 6.07) is 13.0. The second kappa shape index (κ2) is 9.21. The molecule has 0 saturated carbocycles. The maximum absolute atomic E-state index is 13.4. The number of aryl methyl sites for hydroxylation is 1. The van der Waals surface area contributed by atoms with E-state index < -0.39 is 10.0 Å². The SMILES string of the molecule is COc1cc(Br)c(C)cc1-n1c(=O)ccc2cc(S(=O)(=O)N(PC)c3ncccn3)ccc21. The van der Waals surface area contributed by atoms with Crippen molar-refractivity contribution in [1.29, 1.82) is 0 Å². The Morgan fingerprint density at radius 2 is 1.82 bits per heavy atom. The molecule has 0 fully saturated rings. The van der Waals surface area contributed by atoms with Crippen LogP contribution in [0.2, 0.25) is 0 Å². The second-order valence-electron chi connectivity index (χ2n) is 7.04. The van der Waals surface area contributed by atoms with Crippen LogP contribution in [0.25, 0.3) is 16.6 Å². The molecule has 8 nitrogen and oxygen atoms in total. The smallest absolute Gasteiger partial charge is 0.269 e. The quantitative estimate of drug-likeness (QED) is 0.335. The van der Waals surface area contributed by atoms with Gasteiger partial charge in [0.15, 0.2) is 0 Å². The highest BCUT2D eigenvalue weighted by atomic mass is 79.9. The molecule has 0 aliphatic rings. The van der Waals surface area contributed by atoms with Crippen molar-refractivity contribution in [2.45, 2.75) is 11.8 Å². The fourth-order valence-corrected chi connectivity index (χ4v) is 6.40. The Labute approximate surface area is 201 Å². The molecule has 2 aromatic heterocycles. The Kier molecular flexibility index (Phi) is 6.52. The van der Waals surface area contributed by atoms with Gasteiger partial charge in [-0.2, -0.15) is 0 Å². The lowest BCUT2D eigenvalue weighted by Gasteiger charge is -2.21. The molecular formula is C22H20BrN4O4PS. The molecule has 0 spiro atoms. The van der Waals surface area contributed by atoms with Crippen LogP contribution in [0.3, 0.4) is 0 Å². The Balaban J connectivity index is 1.90. The highest BCUT2D eigenvalue weighted by Crippen LogP contribution is 2.33. The molecule has 170 valence electrons. The van der Waals surface area contributed by atoms with Crippen molar-refractivity contribution in [2.75, 3.05) is 17.9 Å². The molecule has 11 heteroatoms. The minimum absolute atomic E-state index is 0.0842. The summed E-state index contributed by atoms with van der Waals surface area (Å²) in [6.45, 7) is 3.66. The maximum Gasteiger partial charge on any atom is 0.269 e. The third-order valence-corrected chi connectivity index (χ3v) is 9.26. The normalized spacial score (nSPS) is 11.9. The Morgan fingerprint density at radius 3 is 2.48 bits per heavy atom. The molecule has 4 aromatic rings. The number of ether oxygens (including phenoxy) is 1. The summed E-state index contributed by atoms with van der Waals surface area (Å²) in [4.78, 5) is 21.1. The number of fused-ring (bicyclic) bond motifs is 1. The maximum atomic E-state index is 13.4. The highest BCUT2D eigenvalue weighted by Gasteiger charge is 2.26. The van der Waals surface area contributed by atoms with Crippen molar-refractivity contribution in [3.05, 3.63) is 81.3 Å². The third kappa shape index (κ3) is 4.26. The van der Waals surface area contributed by atoms with E-state index in [4.69, 9.17) is 4.74 Å². The molecule has 0 N–H and O–H groups in total. The number of hydrogen-bond donors (Lipinski definition) is 0. The third-order valence-electron chi connectivity index (χ3n) is 5.04. The first-order valence-corrected chi connectivity index (χ1v) is 13.5. The molecule has 0 radical (unpaired) electrons. The van der Waals surface area contributed by atoms with Gasteiger partial charge in [0.25, 0.3) is 15.6 Å². The van der Waals surface area contributed by atoms with E-state index in [0.29, 0.717) is 22.3 Å². The van der Waals surface area contributed by atoms with Gasteiger partial charge >= 0.3 is 0 Å². The molecule has 0 aliphatic carbocycles. The Bertz CT molecular complexity index is 1510. The van der Waals surface area contributed by atoms with Crippen molar-refractivity contribution < 1.29 is 13.2 Å². The summed E-state index contributed by atoms with van der Waals surface area (Å²) in [5, 5.41) is 0.590. The number of rotatable bonds is 6. The number of aromatic nitrogens is 3. The summed E-state index contributed by atoms with van der Waals surface area (Å²) < 4.78 is 35.8. The van der Waals surface area contributed by atoms with E-state index in [9.17, 15) is 13.2 Å². The molecule has 0 bridgehead atoms. The van der Waals surface area contributed by atoms with Crippen molar-refractivity contribution in [2.24, 2.45) is 0 Å². The lowest BCUT2D eigenvalue weighted by molar-refractivity contribution is 0.412. The molecule has 0 amide bonds. The molecule has 2 aromatic carbocycles. The first kappa shape index (κ1) is 23.4. The van der Waals surface area contributed by atoms with E-state index in [-0.39, 0.29) is 25.1 Å². The van der Waals surface area contributed by atoms with E-state index in [1.807, 2.05) is 13.0 Å². The van der Waals surface area contributed by atoms with Gasteiger partial charge in [0.1, 0.15) is 5.75 Å². The lowest BCUT2D eigenvalue weighted by Crippen LogP contribution is -2.24. The van der Waals surface area contributed by atoms with Crippen LogP contribution in [0.1, 0.15) is 5.56 Å². The van der Waals surface area contributed by atoms with Crippen molar-refractivity contribution >= 4 is 51.5 Å². The van der Waals surface area contributed by atoms with Crippen LogP contribution in [0.15, 0.2) is 75.1 Å². The topological polar surface area (TPSA) is 94.4 Å². The number of nitrogens with zero attached hydrogens (tertiary/aromatic N) is 4. The Morgan fingerprint density at radius 1 is 1.09 bits per heavy atom. The minimum atomic E-state index is -3.91. The van der Waals surface area contributed by atoms with Gasteiger partial charge in [-0.05, 0) is 70.3 Å². The van der Waals surface area contributed by atoms with Crippen LogP contribution in [0.4, 0.5) is 5.95 Å². The van der Waals surface area contributed by atoms with Crippen LogP contribution in [0.5, 0.6) is 5.75 Å². The van der Waals surface area contributed by atoms with Crippen molar-refractivity contribution in [3.63, 3.8) is 0 Å². The zero-order valence-corrected chi connectivity index (χ0v) is 21.4. The number of pyridine rings is 1.